The Morgan fingerprint density at radius 1 is 1.09 bits per heavy atom. The molecule has 0 aliphatic heterocycles. The second-order valence-corrected chi connectivity index (χ2v) is 5.79. The van der Waals surface area contributed by atoms with E-state index in [0.29, 0.717) is 10.8 Å². The SMILES string of the molecule is Cc1ccc(C)c(NC(=O)c2cc(-c3ccc(Cl)cc3)on2)c1. The minimum absolute atomic E-state index is 0.232. The number of benzene rings is 2. The Kier molecular flexibility index (Phi) is 4.17. The zero-order chi connectivity index (χ0) is 16.4. The van der Waals surface area contributed by atoms with E-state index in [1.54, 1.807) is 18.2 Å². The third-order valence-electron chi connectivity index (χ3n) is 3.51. The van der Waals surface area contributed by atoms with Gasteiger partial charge >= 0.3 is 0 Å². The molecule has 1 N–H and O–H groups in total. The van der Waals surface area contributed by atoms with E-state index in [9.17, 15) is 4.79 Å². The highest BCUT2D eigenvalue weighted by Crippen LogP contribution is 2.23. The first kappa shape index (κ1) is 15.3. The Bertz CT molecular complexity index is 854. The monoisotopic (exact) mass is 326 g/mol. The first-order valence-electron chi connectivity index (χ1n) is 7.14. The number of carbonyl (C=O) groups is 1. The summed E-state index contributed by atoms with van der Waals surface area (Å²) >= 11 is 5.86. The quantitative estimate of drug-likeness (QED) is 0.747. The van der Waals surface area contributed by atoms with E-state index < -0.39 is 0 Å². The van der Waals surface area contributed by atoms with Crippen molar-refractivity contribution in [2.75, 3.05) is 5.32 Å². The van der Waals surface area contributed by atoms with Gasteiger partial charge in [0.05, 0.1) is 0 Å². The van der Waals surface area contributed by atoms with Gasteiger partial charge < -0.3 is 9.84 Å². The number of carbonyl (C=O) groups excluding carboxylic acids is 1. The number of hydrogen-bond acceptors (Lipinski definition) is 3. The maximum absolute atomic E-state index is 12.3. The van der Waals surface area contributed by atoms with Gasteiger partial charge in [0, 0.05) is 22.3 Å². The second-order valence-electron chi connectivity index (χ2n) is 5.36. The van der Waals surface area contributed by atoms with E-state index >= 15 is 0 Å². The average Bonchev–Trinajstić information content (AvgIpc) is 3.02. The van der Waals surface area contributed by atoms with Crippen molar-refractivity contribution in [3.63, 3.8) is 0 Å². The average molecular weight is 327 g/mol. The number of anilines is 1. The van der Waals surface area contributed by atoms with Crippen LogP contribution in [0.5, 0.6) is 0 Å². The molecular formula is C18H15ClN2O2. The van der Waals surface area contributed by atoms with Gasteiger partial charge in [0.2, 0.25) is 0 Å². The van der Waals surface area contributed by atoms with E-state index in [0.717, 1.165) is 22.4 Å². The summed E-state index contributed by atoms with van der Waals surface area (Å²) in [5, 5.41) is 7.34. The lowest BCUT2D eigenvalue weighted by Crippen LogP contribution is -2.13. The molecule has 5 heteroatoms. The van der Waals surface area contributed by atoms with Crippen LogP contribution in [-0.2, 0) is 0 Å². The Labute approximate surface area is 139 Å². The molecule has 0 radical (unpaired) electrons. The van der Waals surface area contributed by atoms with Gasteiger partial charge in [-0.2, -0.15) is 0 Å². The second kappa shape index (κ2) is 6.26. The summed E-state index contributed by atoms with van der Waals surface area (Å²) in [6.07, 6.45) is 0. The van der Waals surface area contributed by atoms with Crippen molar-refractivity contribution in [2.24, 2.45) is 0 Å². The lowest BCUT2D eigenvalue weighted by molar-refractivity contribution is 0.101. The van der Waals surface area contributed by atoms with Gasteiger partial charge in [0.15, 0.2) is 11.5 Å². The summed E-state index contributed by atoms with van der Waals surface area (Å²) in [5.41, 5.74) is 3.88. The number of aryl methyl sites for hydroxylation is 2. The predicted molar refractivity (Wildman–Crippen MR) is 90.8 cm³/mol. The molecule has 0 fully saturated rings. The van der Waals surface area contributed by atoms with Gasteiger partial charge in [0.1, 0.15) is 0 Å². The van der Waals surface area contributed by atoms with Crippen molar-refractivity contribution in [3.8, 4) is 11.3 Å². The molecule has 116 valence electrons. The first-order valence-corrected chi connectivity index (χ1v) is 7.52. The Morgan fingerprint density at radius 3 is 2.57 bits per heavy atom. The largest absolute Gasteiger partial charge is 0.355 e. The van der Waals surface area contributed by atoms with Crippen molar-refractivity contribution < 1.29 is 9.32 Å². The topological polar surface area (TPSA) is 55.1 Å². The van der Waals surface area contributed by atoms with Crippen LogP contribution < -0.4 is 5.32 Å². The van der Waals surface area contributed by atoms with Gasteiger partial charge in [-0.05, 0) is 55.3 Å². The minimum Gasteiger partial charge on any atom is -0.355 e. The third kappa shape index (κ3) is 3.43. The van der Waals surface area contributed by atoms with E-state index in [-0.39, 0.29) is 11.6 Å². The zero-order valence-corrected chi connectivity index (χ0v) is 13.5. The van der Waals surface area contributed by atoms with Gasteiger partial charge in [-0.25, -0.2) is 0 Å². The van der Waals surface area contributed by atoms with Crippen LogP contribution in [0.2, 0.25) is 5.02 Å². The molecule has 3 aromatic rings. The molecule has 0 aliphatic rings. The summed E-state index contributed by atoms with van der Waals surface area (Å²) in [4.78, 5) is 12.3. The van der Waals surface area contributed by atoms with Crippen molar-refractivity contribution >= 4 is 23.2 Å². The molecule has 1 amide bonds. The van der Waals surface area contributed by atoms with Crippen molar-refractivity contribution in [2.45, 2.75) is 13.8 Å². The van der Waals surface area contributed by atoms with Crippen LogP contribution in [-0.4, -0.2) is 11.1 Å². The minimum atomic E-state index is -0.303. The summed E-state index contributed by atoms with van der Waals surface area (Å²) in [5.74, 6) is 0.218. The molecule has 0 bridgehead atoms. The fourth-order valence-electron chi connectivity index (χ4n) is 2.19. The predicted octanol–water partition coefficient (Wildman–Crippen LogP) is 4.86. The van der Waals surface area contributed by atoms with E-state index in [1.165, 1.54) is 0 Å². The van der Waals surface area contributed by atoms with Gasteiger partial charge in [0.25, 0.3) is 5.91 Å². The number of nitrogens with zero attached hydrogens (tertiary/aromatic N) is 1. The van der Waals surface area contributed by atoms with Gasteiger partial charge in [-0.3, -0.25) is 4.79 Å². The molecular weight excluding hydrogens is 312 g/mol. The molecule has 4 nitrogen and oxygen atoms in total. The molecule has 0 aliphatic carbocycles. The Hall–Kier alpha value is -2.59. The summed E-state index contributed by atoms with van der Waals surface area (Å²) in [6, 6.07) is 14.7. The molecule has 0 unspecified atom stereocenters. The molecule has 23 heavy (non-hydrogen) atoms. The van der Waals surface area contributed by atoms with Gasteiger partial charge in [-0.15, -0.1) is 0 Å². The van der Waals surface area contributed by atoms with E-state index in [1.807, 2.05) is 44.2 Å². The highest BCUT2D eigenvalue weighted by atomic mass is 35.5. The summed E-state index contributed by atoms with van der Waals surface area (Å²) in [6.45, 7) is 3.92. The van der Waals surface area contributed by atoms with Gasteiger partial charge in [-0.1, -0.05) is 28.9 Å². The number of aromatic nitrogens is 1. The van der Waals surface area contributed by atoms with Crippen molar-refractivity contribution in [1.29, 1.82) is 0 Å². The number of rotatable bonds is 3. The normalized spacial score (nSPS) is 10.6. The summed E-state index contributed by atoms with van der Waals surface area (Å²) < 4.78 is 5.25. The maximum Gasteiger partial charge on any atom is 0.277 e. The Balaban J connectivity index is 1.81. The zero-order valence-electron chi connectivity index (χ0n) is 12.8. The molecule has 1 heterocycles. The van der Waals surface area contributed by atoms with Crippen LogP contribution >= 0.6 is 11.6 Å². The standard InChI is InChI=1S/C18H15ClN2O2/c1-11-3-4-12(2)15(9-11)20-18(22)16-10-17(23-21-16)13-5-7-14(19)8-6-13/h3-10H,1-2H3,(H,20,22). The highest BCUT2D eigenvalue weighted by molar-refractivity contribution is 6.30. The molecule has 0 saturated heterocycles. The van der Waals surface area contributed by atoms with Crippen molar-refractivity contribution in [1.82, 2.24) is 5.16 Å². The van der Waals surface area contributed by atoms with Crippen LogP contribution in [0.4, 0.5) is 5.69 Å². The molecule has 0 atom stereocenters. The lowest BCUT2D eigenvalue weighted by Gasteiger charge is -2.07. The van der Waals surface area contributed by atoms with Crippen LogP contribution in [0, 0.1) is 13.8 Å². The first-order chi connectivity index (χ1) is 11.0. The maximum atomic E-state index is 12.3. The van der Waals surface area contributed by atoms with Crippen LogP contribution in [0.3, 0.4) is 0 Å². The molecule has 2 aromatic carbocycles. The van der Waals surface area contributed by atoms with E-state index in [4.69, 9.17) is 16.1 Å². The van der Waals surface area contributed by atoms with Crippen LogP contribution in [0.15, 0.2) is 53.1 Å². The Morgan fingerprint density at radius 2 is 1.83 bits per heavy atom. The van der Waals surface area contributed by atoms with E-state index in [2.05, 4.69) is 10.5 Å². The number of hydrogen-bond donors (Lipinski definition) is 1. The molecule has 0 saturated carbocycles. The number of nitrogens with one attached hydrogen (secondary N) is 1. The summed E-state index contributed by atoms with van der Waals surface area (Å²) in [7, 11) is 0. The fourth-order valence-corrected chi connectivity index (χ4v) is 2.32. The van der Waals surface area contributed by atoms with Crippen LogP contribution in [0.1, 0.15) is 21.6 Å². The number of amides is 1. The lowest BCUT2D eigenvalue weighted by atomic mass is 10.1. The molecule has 0 spiro atoms. The smallest absolute Gasteiger partial charge is 0.277 e. The number of halogens is 1. The van der Waals surface area contributed by atoms with Crippen LogP contribution in [0.25, 0.3) is 11.3 Å². The van der Waals surface area contributed by atoms with Crippen molar-refractivity contribution in [3.05, 3.63) is 70.4 Å². The fraction of sp³-hybridized carbons (Fsp3) is 0.111. The highest BCUT2D eigenvalue weighted by Gasteiger charge is 2.14. The third-order valence-corrected chi connectivity index (χ3v) is 3.76. The molecule has 3 rings (SSSR count). The molecule has 1 aromatic heterocycles.